The predicted molar refractivity (Wildman–Crippen MR) is 100 cm³/mol. The van der Waals surface area contributed by atoms with Gasteiger partial charge < -0.3 is 25.8 Å². The highest BCUT2D eigenvalue weighted by molar-refractivity contribution is 7.21. The number of hydrogen-bond donors (Lipinski definition) is 2. The Kier molecular flexibility index (Phi) is 5.72. The summed E-state index contributed by atoms with van der Waals surface area (Å²) in [7, 11) is 1.67. The van der Waals surface area contributed by atoms with Crippen LogP contribution in [0.3, 0.4) is 0 Å². The van der Waals surface area contributed by atoms with Crippen molar-refractivity contribution >= 4 is 38.8 Å². The maximum Gasteiger partial charge on any atom is 0.260 e. The Bertz CT molecular complexity index is 749. The van der Waals surface area contributed by atoms with Gasteiger partial charge in [0.15, 0.2) is 0 Å². The maximum absolute atomic E-state index is 11.6. The normalized spacial score (nSPS) is 18.0. The van der Waals surface area contributed by atoms with Crippen molar-refractivity contribution in [2.45, 2.75) is 25.3 Å². The number of anilines is 2. The third-order valence-corrected chi connectivity index (χ3v) is 5.64. The number of nitrogens with zero attached hydrogens (tertiary/aromatic N) is 2. The first-order valence-corrected chi connectivity index (χ1v) is 9.25. The molecule has 3 rings (SSSR count). The van der Waals surface area contributed by atoms with E-state index in [0.717, 1.165) is 35.3 Å². The molecule has 2 aromatic heterocycles. The molecule has 1 amide bonds. The van der Waals surface area contributed by atoms with Crippen LogP contribution in [0.5, 0.6) is 0 Å². The monoisotopic (exact) mass is 364 g/mol. The van der Waals surface area contributed by atoms with Crippen LogP contribution in [0.4, 0.5) is 11.4 Å². The Labute approximate surface area is 150 Å². The van der Waals surface area contributed by atoms with Gasteiger partial charge in [-0.3, -0.25) is 4.79 Å². The van der Waals surface area contributed by atoms with Crippen molar-refractivity contribution in [2.75, 3.05) is 44.1 Å². The van der Waals surface area contributed by atoms with E-state index in [9.17, 15) is 4.79 Å². The molecule has 0 aromatic carbocycles. The van der Waals surface area contributed by atoms with E-state index in [1.165, 1.54) is 17.8 Å². The topological polar surface area (TPSA) is 104 Å². The fraction of sp³-hybridized carbons (Fsp3) is 0.529. The number of rotatable bonds is 7. The summed E-state index contributed by atoms with van der Waals surface area (Å²) in [6, 6.07) is 2.23. The average Bonchev–Trinajstić information content (AvgIpc) is 2.96. The van der Waals surface area contributed by atoms with Crippen molar-refractivity contribution in [3.63, 3.8) is 0 Å². The fourth-order valence-corrected chi connectivity index (χ4v) is 4.24. The van der Waals surface area contributed by atoms with E-state index in [-0.39, 0.29) is 6.04 Å². The molecule has 136 valence electrons. The van der Waals surface area contributed by atoms with Gasteiger partial charge in [-0.25, -0.2) is 4.98 Å². The molecular formula is C17H24N4O3S. The van der Waals surface area contributed by atoms with E-state index < -0.39 is 5.91 Å². The van der Waals surface area contributed by atoms with Crippen LogP contribution in [0.25, 0.3) is 10.2 Å². The number of methoxy groups -OCH3 is 1. The first kappa shape index (κ1) is 17.9. The van der Waals surface area contributed by atoms with Gasteiger partial charge in [-0.15, -0.1) is 11.3 Å². The Morgan fingerprint density at radius 2 is 2.28 bits per heavy atom. The van der Waals surface area contributed by atoms with Crippen LogP contribution >= 0.6 is 11.3 Å². The first-order valence-electron chi connectivity index (χ1n) is 8.43. The van der Waals surface area contributed by atoms with Gasteiger partial charge in [0.25, 0.3) is 5.91 Å². The summed E-state index contributed by atoms with van der Waals surface area (Å²) < 4.78 is 10.8. The van der Waals surface area contributed by atoms with Gasteiger partial charge >= 0.3 is 0 Å². The molecule has 0 radical (unpaired) electrons. The molecule has 0 spiro atoms. The summed E-state index contributed by atoms with van der Waals surface area (Å²) >= 11 is 1.25. The van der Waals surface area contributed by atoms with E-state index in [1.54, 1.807) is 13.3 Å². The minimum Gasteiger partial charge on any atom is -0.397 e. The molecule has 4 N–H and O–H groups in total. The van der Waals surface area contributed by atoms with Gasteiger partial charge in [-0.1, -0.05) is 0 Å². The summed E-state index contributed by atoms with van der Waals surface area (Å²) in [6.45, 7) is 2.74. The molecule has 0 bridgehead atoms. The number of fused-ring (bicyclic) bond motifs is 1. The second kappa shape index (κ2) is 7.99. The Balaban J connectivity index is 1.91. The second-order valence-electron chi connectivity index (χ2n) is 6.13. The fourth-order valence-electron chi connectivity index (χ4n) is 3.30. The van der Waals surface area contributed by atoms with Crippen molar-refractivity contribution in [3.8, 4) is 0 Å². The highest BCUT2D eigenvalue weighted by atomic mass is 32.1. The molecule has 3 heterocycles. The number of carbonyl (C=O) groups is 1. The lowest BCUT2D eigenvalue weighted by Crippen LogP contribution is -2.42. The standard InChI is InChI=1S/C17H24N4O3S/c1-23-8-9-24-10-11-4-2-3-7-21(11)12-5-6-20-17-13(12)14(18)15(25-17)16(19)22/h5-6,11H,2-4,7-10,18H2,1H3,(H2,19,22). The quantitative estimate of drug-likeness (QED) is 0.728. The Morgan fingerprint density at radius 1 is 1.44 bits per heavy atom. The third-order valence-electron chi connectivity index (χ3n) is 4.51. The lowest BCUT2D eigenvalue weighted by Gasteiger charge is -2.37. The van der Waals surface area contributed by atoms with Crippen LogP contribution in [-0.4, -0.2) is 50.4 Å². The minimum absolute atomic E-state index is 0.271. The molecular weight excluding hydrogens is 340 g/mol. The van der Waals surface area contributed by atoms with Crippen LogP contribution in [0, 0.1) is 0 Å². The van der Waals surface area contributed by atoms with Crippen LogP contribution in [0.15, 0.2) is 12.3 Å². The zero-order valence-electron chi connectivity index (χ0n) is 14.4. The van der Waals surface area contributed by atoms with E-state index in [2.05, 4.69) is 9.88 Å². The van der Waals surface area contributed by atoms with Gasteiger partial charge in [0.05, 0.1) is 42.6 Å². The van der Waals surface area contributed by atoms with Gasteiger partial charge in [-0.2, -0.15) is 0 Å². The largest absolute Gasteiger partial charge is 0.397 e. The molecule has 1 aliphatic rings. The molecule has 2 aromatic rings. The van der Waals surface area contributed by atoms with Crippen molar-refractivity contribution in [1.29, 1.82) is 0 Å². The van der Waals surface area contributed by atoms with Crippen LogP contribution in [0.1, 0.15) is 28.9 Å². The highest BCUT2D eigenvalue weighted by Crippen LogP contribution is 2.40. The second-order valence-corrected chi connectivity index (χ2v) is 7.13. The van der Waals surface area contributed by atoms with Crippen molar-refractivity contribution in [3.05, 3.63) is 17.1 Å². The Hall–Kier alpha value is -1.90. The van der Waals surface area contributed by atoms with Crippen LogP contribution < -0.4 is 16.4 Å². The average molecular weight is 364 g/mol. The van der Waals surface area contributed by atoms with Gasteiger partial charge in [-0.05, 0) is 25.3 Å². The van der Waals surface area contributed by atoms with Crippen LogP contribution in [0.2, 0.25) is 0 Å². The number of carbonyl (C=O) groups excluding carboxylic acids is 1. The molecule has 8 heteroatoms. The van der Waals surface area contributed by atoms with Gasteiger partial charge in [0.1, 0.15) is 9.71 Å². The summed E-state index contributed by atoms with van der Waals surface area (Å²) in [5.41, 5.74) is 13.1. The number of ether oxygens (including phenoxy) is 2. The number of thiophene rings is 1. The molecule has 25 heavy (non-hydrogen) atoms. The maximum atomic E-state index is 11.6. The summed E-state index contributed by atoms with van der Waals surface area (Å²) in [6.07, 6.45) is 5.11. The summed E-state index contributed by atoms with van der Waals surface area (Å²) in [5, 5.41) is 0.824. The molecule has 1 atom stereocenters. The van der Waals surface area contributed by atoms with Crippen molar-refractivity contribution in [1.82, 2.24) is 4.98 Å². The van der Waals surface area contributed by atoms with Gasteiger partial charge in [0, 0.05) is 19.9 Å². The molecule has 1 aliphatic heterocycles. The number of piperidine rings is 1. The smallest absolute Gasteiger partial charge is 0.260 e. The van der Waals surface area contributed by atoms with Crippen molar-refractivity contribution < 1.29 is 14.3 Å². The minimum atomic E-state index is -0.510. The number of pyridine rings is 1. The highest BCUT2D eigenvalue weighted by Gasteiger charge is 2.27. The SMILES string of the molecule is COCCOCC1CCCCN1c1ccnc2sc(C(N)=O)c(N)c12. The predicted octanol–water partition coefficient (Wildman–Crippen LogP) is 2.00. The van der Waals surface area contributed by atoms with Crippen LogP contribution in [-0.2, 0) is 9.47 Å². The summed E-state index contributed by atoms with van der Waals surface area (Å²) in [4.78, 5) is 19.4. The molecule has 0 aliphatic carbocycles. The van der Waals surface area contributed by atoms with E-state index >= 15 is 0 Å². The lowest BCUT2D eigenvalue weighted by molar-refractivity contribution is 0.0595. The molecule has 1 unspecified atom stereocenters. The summed E-state index contributed by atoms with van der Waals surface area (Å²) in [5.74, 6) is -0.510. The molecule has 7 nitrogen and oxygen atoms in total. The van der Waals surface area contributed by atoms with E-state index in [1.807, 2.05) is 6.07 Å². The third kappa shape index (κ3) is 3.70. The first-order chi connectivity index (χ1) is 12.1. The van der Waals surface area contributed by atoms with Gasteiger partial charge in [0.2, 0.25) is 0 Å². The zero-order chi connectivity index (χ0) is 17.8. The van der Waals surface area contributed by atoms with E-state index in [4.69, 9.17) is 20.9 Å². The number of hydrogen-bond acceptors (Lipinski definition) is 7. The lowest BCUT2D eigenvalue weighted by atomic mass is 10.0. The number of nitrogen functional groups attached to an aromatic ring is 1. The number of aromatic nitrogens is 1. The number of nitrogens with two attached hydrogens (primary N) is 2. The number of amides is 1. The number of primary amides is 1. The Morgan fingerprint density at radius 3 is 3.04 bits per heavy atom. The zero-order valence-corrected chi connectivity index (χ0v) is 15.2. The van der Waals surface area contributed by atoms with Crippen molar-refractivity contribution in [2.24, 2.45) is 5.73 Å². The molecule has 1 fully saturated rings. The molecule has 0 saturated carbocycles. The van der Waals surface area contributed by atoms with E-state index in [0.29, 0.717) is 30.4 Å². The molecule has 1 saturated heterocycles.